The molecule has 1 aromatic carbocycles. The third-order valence-corrected chi connectivity index (χ3v) is 4.29. The number of carbonyl (C=O) groups is 1. The molecule has 0 N–H and O–H groups in total. The maximum absolute atomic E-state index is 12.2. The van der Waals surface area contributed by atoms with Gasteiger partial charge in [-0.3, -0.25) is 4.79 Å². The van der Waals surface area contributed by atoms with E-state index in [1.807, 2.05) is 41.9 Å². The molecule has 0 aliphatic carbocycles. The van der Waals surface area contributed by atoms with Crippen LogP contribution in [0.15, 0.2) is 30.3 Å². The largest absolute Gasteiger partial charge is 0.356 e. The number of rotatable bonds is 3. The lowest BCUT2D eigenvalue weighted by Crippen LogP contribution is -2.28. The Kier molecular flexibility index (Phi) is 4.27. The molecule has 0 spiro atoms. The molecular weight excluding hydrogens is 274 g/mol. The molecule has 0 bridgehead atoms. The fourth-order valence-corrected chi connectivity index (χ4v) is 3.25. The average Bonchev–Trinajstić information content (AvgIpc) is 2.70. The van der Waals surface area contributed by atoms with Crippen LogP contribution in [0.2, 0.25) is 0 Å². The summed E-state index contributed by atoms with van der Waals surface area (Å²) in [6.07, 6.45) is 4.89. The number of para-hydroxylation sites is 1. The monoisotopic (exact) mass is 297 g/mol. The first-order chi connectivity index (χ1) is 10.7. The Hall–Kier alpha value is -2.10. The lowest BCUT2D eigenvalue weighted by Gasteiger charge is -2.24. The summed E-state index contributed by atoms with van der Waals surface area (Å²) in [5, 5.41) is 4.66. The summed E-state index contributed by atoms with van der Waals surface area (Å²) in [5.74, 6) is 1.07. The number of hydrogen-bond acceptors (Lipinski definition) is 3. The molecule has 0 amide bonds. The summed E-state index contributed by atoms with van der Waals surface area (Å²) < 4.78 is 1.94. The molecular formula is C18H23N3O. The molecule has 4 nitrogen and oxygen atoms in total. The Morgan fingerprint density at radius 3 is 2.27 bits per heavy atom. The normalized spacial score (nSPS) is 15.6. The van der Waals surface area contributed by atoms with Gasteiger partial charge >= 0.3 is 0 Å². The third kappa shape index (κ3) is 2.78. The van der Waals surface area contributed by atoms with E-state index in [-0.39, 0.29) is 5.78 Å². The second kappa shape index (κ2) is 6.34. The number of carbonyl (C=O) groups excluding carboxylic acids is 1. The van der Waals surface area contributed by atoms with Crippen molar-refractivity contribution in [2.45, 2.75) is 39.5 Å². The lowest BCUT2D eigenvalue weighted by atomic mass is 10.1. The van der Waals surface area contributed by atoms with Crippen molar-refractivity contribution in [2.75, 3.05) is 18.0 Å². The molecule has 116 valence electrons. The zero-order chi connectivity index (χ0) is 15.5. The standard InChI is InChI=1S/C18H23N3O/c1-14-17(15(2)22)18(20-12-8-3-4-9-13-20)21(19-14)16-10-6-5-7-11-16/h5-7,10-11H,3-4,8-9,12-13H2,1-2H3. The fourth-order valence-electron chi connectivity index (χ4n) is 3.25. The Morgan fingerprint density at radius 2 is 1.68 bits per heavy atom. The van der Waals surface area contributed by atoms with E-state index in [1.165, 1.54) is 25.7 Å². The van der Waals surface area contributed by atoms with Crippen LogP contribution in [0.4, 0.5) is 5.82 Å². The highest BCUT2D eigenvalue weighted by molar-refractivity contribution is 6.00. The van der Waals surface area contributed by atoms with Crippen LogP contribution in [-0.4, -0.2) is 28.7 Å². The Balaban J connectivity index is 2.13. The first-order valence-electron chi connectivity index (χ1n) is 8.09. The van der Waals surface area contributed by atoms with Gasteiger partial charge in [-0.15, -0.1) is 0 Å². The summed E-state index contributed by atoms with van der Waals surface area (Å²) in [7, 11) is 0. The van der Waals surface area contributed by atoms with E-state index >= 15 is 0 Å². The van der Waals surface area contributed by atoms with Crippen molar-refractivity contribution in [2.24, 2.45) is 0 Å². The van der Waals surface area contributed by atoms with Crippen molar-refractivity contribution in [3.05, 3.63) is 41.6 Å². The molecule has 0 radical (unpaired) electrons. The molecule has 2 aromatic rings. The Bertz CT molecular complexity index is 652. The maximum atomic E-state index is 12.2. The first kappa shape index (κ1) is 14.8. The molecule has 1 aliphatic heterocycles. The smallest absolute Gasteiger partial charge is 0.165 e. The van der Waals surface area contributed by atoms with Gasteiger partial charge in [0.2, 0.25) is 0 Å². The van der Waals surface area contributed by atoms with Crippen molar-refractivity contribution in [1.82, 2.24) is 9.78 Å². The highest BCUT2D eigenvalue weighted by Crippen LogP contribution is 2.29. The number of aryl methyl sites for hydroxylation is 1. The fraction of sp³-hybridized carbons (Fsp3) is 0.444. The zero-order valence-corrected chi connectivity index (χ0v) is 13.4. The molecule has 0 unspecified atom stereocenters. The van der Waals surface area contributed by atoms with Gasteiger partial charge in [-0.1, -0.05) is 31.0 Å². The van der Waals surface area contributed by atoms with Crippen LogP contribution < -0.4 is 4.90 Å². The lowest BCUT2D eigenvalue weighted by molar-refractivity contribution is 0.101. The van der Waals surface area contributed by atoms with Crippen molar-refractivity contribution < 1.29 is 4.79 Å². The van der Waals surface area contributed by atoms with Crippen LogP contribution in [-0.2, 0) is 0 Å². The van der Waals surface area contributed by atoms with E-state index in [0.717, 1.165) is 35.9 Å². The van der Waals surface area contributed by atoms with Gasteiger partial charge in [0, 0.05) is 13.1 Å². The second-order valence-electron chi connectivity index (χ2n) is 5.99. The molecule has 1 fully saturated rings. The average molecular weight is 297 g/mol. The van der Waals surface area contributed by atoms with E-state index in [2.05, 4.69) is 10.00 Å². The van der Waals surface area contributed by atoms with Crippen LogP contribution in [0, 0.1) is 6.92 Å². The number of ketones is 1. The highest BCUT2D eigenvalue weighted by Gasteiger charge is 2.25. The number of Topliss-reactive ketones (excluding diaryl/α,β-unsaturated/α-hetero) is 1. The quantitative estimate of drug-likeness (QED) is 0.810. The summed E-state index contributed by atoms with van der Waals surface area (Å²) in [4.78, 5) is 14.5. The van der Waals surface area contributed by atoms with Crippen molar-refractivity contribution in [3.8, 4) is 5.69 Å². The molecule has 1 saturated heterocycles. The first-order valence-corrected chi connectivity index (χ1v) is 8.09. The molecule has 2 heterocycles. The number of anilines is 1. The number of benzene rings is 1. The molecule has 4 heteroatoms. The number of nitrogens with zero attached hydrogens (tertiary/aromatic N) is 3. The number of aromatic nitrogens is 2. The molecule has 1 aliphatic rings. The van der Waals surface area contributed by atoms with Gasteiger partial charge in [0.25, 0.3) is 0 Å². The number of hydrogen-bond donors (Lipinski definition) is 0. The van der Waals surface area contributed by atoms with Gasteiger partial charge in [0.05, 0.1) is 16.9 Å². The van der Waals surface area contributed by atoms with Crippen LogP contribution in [0.5, 0.6) is 0 Å². The van der Waals surface area contributed by atoms with Gasteiger partial charge in [-0.2, -0.15) is 5.10 Å². The summed E-state index contributed by atoms with van der Waals surface area (Å²) in [5.41, 5.74) is 2.60. The Labute approximate surface area is 131 Å². The minimum absolute atomic E-state index is 0.0962. The van der Waals surface area contributed by atoms with Crippen LogP contribution in [0.1, 0.15) is 48.7 Å². The van der Waals surface area contributed by atoms with Gasteiger partial charge in [-0.25, -0.2) is 4.68 Å². The molecule has 1 aromatic heterocycles. The third-order valence-electron chi connectivity index (χ3n) is 4.29. The van der Waals surface area contributed by atoms with E-state index in [4.69, 9.17) is 0 Å². The predicted molar refractivity (Wildman–Crippen MR) is 89.0 cm³/mol. The van der Waals surface area contributed by atoms with Gasteiger partial charge in [-0.05, 0) is 38.8 Å². The van der Waals surface area contributed by atoms with Crippen LogP contribution >= 0.6 is 0 Å². The molecule has 3 rings (SSSR count). The topological polar surface area (TPSA) is 38.1 Å². The predicted octanol–water partition coefficient (Wildman–Crippen LogP) is 3.76. The highest BCUT2D eigenvalue weighted by atomic mass is 16.1. The van der Waals surface area contributed by atoms with Crippen molar-refractivity contribution >= 4 is 11.6 Å². The second-order valence-corrected chi connectivity index (χ2v) is 5.99. The molecule has 22 heavy (non-hydrogen) atoms. The molecule has 0 saturated carbocycles. The zero-order valence-electron chi connectivity index (χ0n) is 13.4. The maximum Gasteiger partial charge on any atom is 0.165 e. The molecule has 0 atom stereocenters. The van der Waals surface area contributed by atoms with E-state index < -0.39 is 0 Å². The van der Waals surface area contributed by atoms with E-state index in [1.54, 1.807) is 6.92 Å². The summed E-state index contributed by atoms with van der Waals surface area (Å²) in [6.45, 7) is 5.56. The summed E-state index contributed by atoms with van der Waals surface area (Å²) >= 11 is 0. The summed E-state index contributed by atoms with van der Waals surface area (Å²) in [6, 6.07) is 10.1. The SMILES string of the molecule is CC(=O)c1c(C)nn(-c2ccccc2)c1N1CCCCCC1. The van der Waals surface area contributed by atoms with Crippen LogP contribution in [0.3, 0.4) is 0 Å². The van der Waals surface area contributed by atoms with Crippen LogP contribution in [0.25, 0.3) is 5.69 Å². The van der Waals surface area contributed by atoms with Gasteiger partial charge in [0.15, 0.2) is 5.78 Å². The van der Waals surface area contributed by atoms with E-state index in [0.29, 0.717) is 0 Å². The van der Waals surface area contributed by atoms with Crippen molar-refractivity contribution in [1.29, 1.82) is 0 Å². The minimum atomic E-state index is 0.0962. The van der Waals surface area contributed by atoms with E-state index in [9.17, 15) is 4.79 Å². The minimum Gasteiger partial charge on any atom is -0.356 e. The Morgan fingerprint density at radius 1 is 1.05 bits per heavy atom. The van der Waals surface area contributed by atoms with Crippen molar-refractivity contribution in [3.63, 3.8) is 0 Å². The van der Waals surface area contributed by atoms with Gasteiger partial charge < -0.3 is 4.90 Å². The van der Waals surface area contributed by atoms with Gasteiger partial charge in [0.1, 0.15) is 5.82 Å².